The van der Waals surface area contributed by atoms with Crippen LogP contribution in [0.3, 0.4) is 0 Å². The van der Waals surface area contributed by atoms with Crippen molar-refractivity contribution in [3.8, 4) is 5.75 Å². The Labute approximate surface area is 139 Å². The molecule has 2 rings (SSSR count). The monoisotopic (exact) mass is 326 g/mol. The molecule has 0 aliphatic carbocycles. The van der Waals surface area contributed by atoms with Gasteiger partial charge in [-0.05, 0) is 62.9 Å². The summed E-state index contributed by atoms with van der Waals surface area (Å²) in [5.41, 5.74) is 8.05. The lowest BCUT2D eigenvalue weighted by atomic mass is 10.1. The molecule has 124 valence electrons. The number of carbonyl (C=O) groups is 1. The minimum absolute atomic E-state index is 0. The summed E-state index contributed by atoms with van der Waals surface area (Å²) in [6, 6.07) is 6.41. The fourth-order valence-corrected chi connectivity index (χ4v) is 3.08. The van der Waals surface area contributed by atoms with Crippen LogP contribution in [0, 0.1) is 19.8 Å². The molecule has 1 amide bonds. The van der Waals surface area contributed by atoms with Crippen LogP contribution in [-0.2, 0) is 4.79 Å². The summed E-state index contributed by atoms with van der Waals surface area (Å²) >= 11 is 0. The molecule has 2 atom stereocenters. The van der Waals surface area contributed by atoms with E-state index in [1.165, 1.54) is 11.1 Å². The van der Waals surface area contributed by atoms with Crippen LogP contribution in [0.4, 0.5) is 0 Å². The standard InChI is InChI=1S/C17H26N2O2.ClH/c1-12-6-13(2)8-16(7-12)21-5-4-17(20)19-11-15(10-18)9-14(19)3;/h6-8,14-15H,4-5,9-11,18H2,1-3H3;1H. The number of nitrogens with zero attached hydrogens (tertiary/aromatic N) is 1. The molecule has 2 N–H and O–H groups in total. The highest BCUT2D eigenvalue weighted by atomic mass is 35.5. The van der Waals surface area contributed by atoms with E-state index in [2.05, 4.69) is 13.0 Å². The molecule has 4 nitrogen and oxygen atoms in total. The zero-order valence-electron chi connectivity index (χ0n) is 13.7. The second kappa shape index (κ2) is 8.39. The molecule has 1 heterocycles. The van der Waals surface area contributed by atoms with Gasteiger partial charge in [-0.25, -0.2) is 0 Å². The van der Waals surface area contributed by atoms with Crippen molar-refractivity contribution in [3.63, 3.8) is 0 Å². The van der Waals surface area contributed by atoms with Gasteiger partial charge in [0.1, 0.15) is 5.75 Å². The number of amides is 1. The third-order valence-corrected chi connectivity index (χ3v) is 4.09. The maximum Gasteiger partial charge on any atom is 0.226 e. The first kappa shape index (κ1) is 18.8. The first-order valence-corrected chi connectivity index (χ1v) is 7.70. The van der Waals surface area contributed by atoms with E-state index in [-0.39, 0.29) is 18.3 Å². The molecule has 1 aliphatic rings. The number of carbonyl (C=O) groups excluding carboxylic acids is 1. The number of hydrogen-bond donors (Lipinski definition) is 1. The Morgan fingerprint density at radius 3 is 2.50 bits per heavy atom. The van der Waals surface area contributed by atoms with Gasteiger partial charge in [-0.3, -0.25) is 4.79 Å². The highest BCUT2D eigenvalue weighted by Crippen LogP contribution is 2.23. The van der Waals surface area contributed by atoms with E-state index >= 15 is 0 Å². The first-order chi connectivity index (χ1) is 9.99. The summed E-state index contributed by atoms with van der Waals surface area (Å²) in [6.07, 6.45) is 1.44. The number of ether oxygens (including phenoxy) is 1. The van der Waals surface area contributed by atoms with Gasteiger partial charge in [0.15, 0.2) is 0 Å². The van der Waals surface area contributed by atoms with Crippen molar-refractivity contribution in [2.75, 3.05) is 19.7 Å². The topological polar surface area (TPSA) is 55.6 Å². The summed E-state index contributed by atoms with van der Waals surface area (Å²) in [5, 5.41) is 0. The van der Waals surface area contributed by atoms with Gasteiger partial charge in [0.25, 0.3) is 0 Å². The number of hydrogen-bond acceptors (Lipinski definition) is 3. The van der Waals surface area contributed by atoms with Crippen molar-refractivity contribution >= 4 is 18.3 Å². The lowest BCUT2D eigenvalue weighted by Crippen LogP contribution is -2.35. The molecule has 2 unspecified atom stereocenters. The maximum absolute atomic E-state index is 12.2. The lowest BCUT2D eigenvalue weighted by molar-refractivity contribution is -0.132. The number of aryl methyl sites for hydroxylation is 2. The zero-order chi connectivity index (χ0) is 15.4. The Kier molecular flexibility index (Phi) is 7.17. The number of likely N-dealkylation sites (tertiary alicyclic amines) is 1. The second-order valence-corrected chi connectivity index (χ2v) is 6.15. The molecule has 1 aromatic rings. The van der Waals surface area contributed by atoms with E-state index in [0.717, 1.165) is 18.7 Å². The molecule has 0 saturated carbocycles. The highest BCUT2D eigenvalue weighted by molar-refractivity contribution is 5.85. The van der Waals surface area contributed by atoms with E-state index in [9.17, 15) is 4.79 Å². The quantitative estimate of drug-likeness (QED) is 0.905. The summed E-state index contributed by atoms with van der Waals surface area (Å²) in [4.78, 5) is 14.2. The van der Waals surface area contributed by atoms with Gasteiger partial charge < -0.3 is 15.4 Å². The van der Waals surface area contributed by atoms with Crippen LogP contribution >= 0.6 is 12.4 Å². The number of benzene rings is 1. The Hall–Kier alpha value is -1.26. The van der Waals surface area contributed by atoms with Crippen LogP contribution in [-0.4, -0.2) is 36.5 Å². The molecule has 1 aliphatic heterocycles. The summed E-state index contributed by atoms with van der Waals surface area (Å²) in [7, 11) is 0. The number of rotatable bonds is 5. The van der Waals surface area contributed by atoms with E-state index in [4.69, 9.17) is 10.5 Å². The lowest BCUT2D eigenvalue weighted by Gasteiger charge is -2.21. The molecule has 1 aromatic carbocycles. The fourth-order valence-electron chi connectivity index (χ4n) is 3.08. The second-order valence-electron chi connectivity index (χ2n) is 6.15. The molecular formula is C17H27ClN2O2. The van der Waals surface area contributed by atoms with Gasteiger partial charge in [-0.15, -0.1) is 12.4 Å². The minimum Gasteiger partial charge on any atom is -0.493 e. The Bertz CT molecular complexity index is 487. The van der Waals surface area contributed by atoms with Crippen LogP contribution in [0.5, 0.6) is 5.75 Å². The van der Waals surface area contributed by atoms with Crippen LogP contribution in [0.15, 0.2) is 18.2 Å². The zero-order valence-corrected chi connectivity index (χ0v) is 14.5. The molecule has 22 heavy (non-hydrogen) atoms. The summed E-state index contributed by atoms with van der Waals surface area (Å²) < 4.78 is 5.71. The van der Waals surface area contributed by atoms with Crippen molar-refractivity contribution in [1.82, 2.24) is 4.90 Å². The van der Waals surface area contributed by atoms with Gasteiger partial charge in [0.05, 0.1) is 13.0 Å². The molecule has 1 saturated heterocycles. The largest absolute Gasteiger partial charge is 0.493 e. The van der Waals surface area contributed by atoms with E-state index in [0.29, 0.717) is 31.5 Å². The molecule has 5 heteroatoms. The maximum atomic E-state index is 12.2. The van der Waals surface area contributed by atoms with Crippen molar-refractivity contribution < 1.29 is 9.53 Å². The van der Waals surface area contributed by atoms with Crippen LogP contribution in [0.1, 0.15) is 30.9 Å². The van der Waals surface area contributed by atoms with Crippen LogP contribution in [0.25, 0.3) is 0 Å². The third kappa shape index (κ3) is 4.89. The molecular weight excluding hydrogens is 300 g/mol. The SMILES string of the molecule is Cc1cc(C)cc(OCCC(=O)N2CC(CN)CC2C)c1.Cl. The summed E-state index contributed by atoms with van der Waals surface area (Å²) in [5.74, 6) is 1.46. The first-order valence-electron chi connectivity index (χ1n) is 7.70. The fraction of sp³-hybridized carbons (Fsp3) is 0.588. The Morgan fingerprint density at radius 1 is 1.32 bits per heavy atom. The van der Waals surface area contributed by atoms with E-state index in [1.807, 2.05) is 30.9 Å². The van der Waals surface area contributed by atoms with Crippen molar-refractivity contribution in [2.24, 2.45) is 11.7 Å². The molecule has 0 bridgehead atoms. The Morgan fingerprint density at radius 2 is 1.95 bits per heavy atom. The van der Waals surface area contributed by atoms with E-state index < -0.39 is 0 Å². The average molecular weight is 327 g/mol. The Balaban J connectivity index is 0.00000242. The number of nitrogens with two attached hydrogens (primary N) is 1. The van der Waals surface area contributed by atoms with Crippen molar-refractivity contribution in [2.45, 2.75) is 39.7 Å². The summed E-state index contributed by atoms with van der Waals surface area (Å²) in [6.45, 7) is 8.07. The molecule has 0 aromatic heterocycles. The minimum atomic E-state index is 0. The van der Waals surface area contributed by atoms with Crippen LogP contribution in [0.2, 0.25) is 0 Å². The van der Waals surface area contributed by atoms with Gasteiger partial charge in [0, 0.05) is 12.6 Å². The van der Waals surface area contributed by atoms with Crippen molar-refractivity contribution in [1.29, 1.82) is 0 Å². The van der Waals surface area contributed by atoms with Gasteiger partial charge in [-0.1, -0.05) is 6.07 Å². The molecule has 0 spiro atoms. The normalized spacial score (nSPS) is 20.6. The average Bonchev–Trinajstić information content (AvgIpc) is 2.79. The third-order valence-electron chi connectivity index (χ3n) is 4.09. The van der Waals surface area contributed by atoms with Crippen molar-refractivity contribution in [3.05, 3.63) is 29.3 Å². The molecule has 0 radical (unpaired) electrons. The van der Waals surface area contributed by atoms with Crippen LogP contribution < -0.4 is 10.5 Å². The molecule has 1 fully saturated rings. The van der Waals surface area contributed by atoms with Gasteiger partial charge in [-0.2, -0.15) is 0 Å². The number of halogens is 1. The van der Waals surface area contributed by atoms with Gasteiger partial charge >= 0.3 is 0 Å². The predicted octanol–water partition coefficient (Wildman–Crippen LogP) is 2.69. The predicted molar refractivity (Wildman–Crippen MR) is 91.6 cm³/mol. The van der Waals surface area contributed by atoms with Gasteiger partial charge in [0.2, 0.25) is 5.91 Å². The highest BCUT2D eigenvalue weighted by Gasteiger charge is 2.31. The van der Waals surface area contributed by atoms with E-state index in [1.54, 1.807) is 0 Å². The smallest absolute Gasteiger partial charge is 0.226 e.